The summed E-state index contributed by atoms with van der Waals surface area (Å²) >= 11 is 0. The van der Waals surface area contributed by atoms with Gasteiger partial charge in [0.25, 0.3) is 11.5 Å². The maximum atomic E-state index is 13.0. The second-order valence-electron chi connectivity index (χ2n) is 6.25. The van der Waals surface area contributed by atoms with Crippen LogP contribution in [-0.2, 0) is 11.3 Å². The van der Waals surface area contributed by atoms with Crippen molar-refractivity contribution in [3.8, 4) is 0 Å². The van der Waals surface area contributed by atoms with Crippen LogP contribution in [0, 0.1) is 0 Å². The number of hydrogen-bond donors (Lipinski definition) is 1. The zero-order chi connectivity index (χ0) is 19.1. The minimum Gasteiger partial charge on any atom is -0.480 e. The summed E-state index contributed by atoms with van der Waals surface area (Å²) in [6.45, 7) is 4.30. The molecule has 2 aromatic rings. The second-order valence-corrected chi connectivity index (χ2v) is 6.25. The predicted molar refractivity (Wildman–Crippen MR) is 99.4 cm³/mol. The molecule has 7 heteroatoms. The molecule has 1 amide bonds. The Morgan fingerprint density at radius 1 is 1.12 bits per heavy atom. The molecule has 0 spiro atoms. The Morgan fingerprint density at radius 2 is 1.81 bits per heavy atom. The first kappa shape index (κ1) is 19.6. The van der Waals surface area contributed by atoms with E-state index >= 15 is 0 Å². The van der Waals surface area contributed by atoms with E-state index < -0.39 is 18.4 Å². The van der Waals surface area contributed by atoms with Gasteiger partial charge in [-0.1, -0.05) is 44.9 Å². The van der Waals surface area contributed by atoms with Crippen molar-refractivity contribution in [1.29, 1.82) is 0 Å². The van der Waals surface area contributed by atoms with Gasteiger partial charge >= 0.3 is 5.97 Å². The van der Waals surface area contributed by atoms with Crippen LogP contribution in [0.15, 0.2) is 29.1 Å². The molecule has 1 aromatic heterocycles. The quantitative estimate of drug-likeness (QED) is 0.695. The Kier molecular flexibility index (Phi) is 6.89. The fourth-order valence-electron chi connectivity index (χ4n) is 2.89. The molecule has 2 rings (SSSR count). The minimum absolute atomic E-state index is 0.131. The molecule has 26 heavy (non-hydrogen) atoms. The lowest BCUT2D eigenvalue weighted by atomic mass is 10.1. The standard InChI is InChI=1S/C19H25N3O4/c1-3-5-8-12-22-18(25)15-10-7-6-9-14(15)17(20-22)19(26)21(11-4-2)13-16(23)24/h6-7,9-10H,3-5,8,11-13H2,1-2H3,(H,23,24). The number of rotatable bonds is 9. The van der Waals surface area contributed by atoms with E-state index in [0.29, 0.717) is 30.3 Å². The van der Waals surface area contributed by atoms with E-state index in [-0.39, 0.29) is 11.3 Å². The van der Waals surface area contributed by atoms with Crippen LogP contribution in [0.4, 0.5) is 0 Å². The molecule has 0 fully saturated rings. The number of hydrogen-bond acceptors (Lipinski definition) is 4. The maximum absolute atomic E-state index is 13.0. The van der Waals surface area contributed by atoms with E-state index in [1.807, 2.05) is 6.92 Å². The van der Waals surface area contributed by atoms with Crippen molar-refractivity contribution in [2.75, 3.05) is 13.1 Å². The molecule has 0 aliphatic carbocycles. The fraction of sp³-hybridized carbons (Fsp3) is 0.474. The number of carbonyl (C=O) groups excluding carboxylic acids is 1. The normalized spacial score (nSPS) is 10.8. The van der Waals surface area contributed by atoms with E-state index in [1.54, 1.807) is 24.3 Å². The number of amides is 1. The van der Waals surface area contributed by atoms with Gasteiger partial charge in [0, 0.05) is 18.5 Å². The third kappa shape index (κ3) is 4.47. The van der Waals surface area contributed by atoms with Crippen LogP contribution >= 0.6 is 0 Å². The van der Waals surface area contributed by atoms with E-state index in [4.69, 9.17) is 5.11 Å². The first-order valence-corrected chi connectivity index (χ1v) is 9.00. The van der Waals surface area contributed by atoms with Crippen LogP contribution in [0.2, 0.25) is 0 Å². The van der Waals surface area contributed by atoms with Gasteiger partial charge in [0.1, 0.15) is 6.54 Å². The highest BCUT2D eigenvalue weighted by Crippen LogP contribution is 2.16. The molecule has 0 radical (unpaired) electrons. The SMILES string of the molecule is CCCCCn1nc(C(=O)N(CCC)CC(=O)O)c2ccccc2c1=O. The summed E-state index contributed by atoms with van der Waals surface area (Å²) in [6.07, 6.45) is 3.40. The van der Waals surface area contributed by atoms with Gasteiger partial charge in [-0.25, -0.2) is 4.68 Å². The Labute approximate surface area is 152 Å². The summed E-state index contributed by atoms with van der Waals surface area (Å²) in [4.78, 5) is 38.0. The largest absolute Gasteiger partial charge is 0.480 e. The first-order chi connectivity index (χ1) is 12.5. The monoisotopic (exact) mass is 359 g/mol. The molecule has 1 heterocycles. The summed E-state index contributed by atoms with van der Waals surface area (Å²) in [5.41, 5.74) is -0.0973. The molecule has 0 atom stereocenters. The number of aliphatic carboxylic acids is 1. The molecule has 0 unspecified atom stereocenters. The second kappa shape index (κ2) is 9.12. The van der Waals surface area contributed by atoms with Gasteiger partial charge in [-0.3, -0.25) is 14.4 Å². The van der Waals surface area contributed by atoms with Gasteiger partial charge in [-0.15, -0.1) is 0 Å². The predicted octanol–water partition coefficient (Wildman–Crippen LogP) is 2.52. The highest BCUT2D eigenvalue weighted by molar-refractivity contribution is 6.05. The zero-order valence-corrected chi connectivity index (χ0v) is 15.3. The van der Waals surface area contributed by atoms with Crippen molar-refractivity contribution in [3.63, 3.8) is 0 Å². The highest BCUT2D eigenvalue weighted by atomic mass is 16.4. The highest BCUT2D eigenvalue weighted by Gasteiger charge is 2.23. The summed E-state index contributed by atoms with van der Waals surface area (Å²) in [6, 6.07) is 6.84. The smallest absolute Gasteiger partial charge is 0.323 e. The Balaban J connectivity index is 2.53. The molecule has 7 nitrogen and oxygen atoms in total. The average Bonchev–Trinajstić information content (AvgIpc) is 2.62. The van der Waals surface area contributed by atoms with Crippen molar-refractivity contribution < 1.29 is 14.7 Å². The van der Waals surface area contributed by atoms with Gasteiger partial charge < -0.3 is 10.0 Å². The number of fused-ring (bicyclic) bond motifs is 1. The number of carboxylic acid groups (broad SMARTS) is 1. The Bertz CT molecular complexity index is 844. The van der Waals surface area contributed by atoms with Crippen molar-refractivity contribution in [2.45, 2.75) is 46.1 Å². The third-order valence-corrected chi connectivity index (χ3v) is 4.15. The van der Waals surface area contributed by atoms with Gasteiger partial charge in [0.15, 0.2) is 5.69 Å². The summed E-state index contributed by atoms with van der Waals surface area (Å²) < 4.78 is 1.33. The summed E-state index contributed by atoms with van der Waals surface area (Å²) in [7, 11) is 0. The van der Waals surface area contributed by atoms with Crippen LogP contribution in [0.5, 0.6) is 0 Å². The topological polar surface area (TPSA) is 92.5 Å². The maximum Gasteiger partial charge on any atom is 0.323 e. The lowest BCUT2D eigenvalue weighted by Crippen LogP contribution is -2.38. The summed E-state index contributed by atoms with van der Waals surface area (Å²) in [5, 5.41) is 14.3. The Morgan fingerprint density at radius 3 is 2.42 bits per heavy atom. The fourth-order valence-corrected chi connectivity index (χ4v) is 2.89. The van der Waals surface area contributed by atoms with Crippen molar-refractivity contribution in [2.24, 2.45) is 0 Å². The number of carboxylic acids is 1. The first-order valence-electron chi connectivity index (χ1n) is 9.00. The number of benzene rings is 1. The van der Waals surface area contributed by atoms with Gasteiger partial charge in [0.2, 0.25) is 0 Å². The molecule has 0 aliphatic heterocycles. The molecule has 0 saturated carbocycles. The molecule has 0 saturated heterocycles. The van der Waals surface area contributed by atoms with E-state index in [9.17, 15) is 14.4 Å². The number of aryl methyl sites for hydroxylation is 1. The lowest BCUT2D eigenvalue weighted by molar-refractivity contribution is -0.137. The van der Waals surface area contributed by atoms with Crippen molar-refractivity contribution >= 4 is 22.6 Å². The number of carbonyl (C=O) groups is 2. The molecular weight excluding hydrogens is 334 g/mol. The zero-order valence-electron chi connectivity index (χ0n) is 15.3. The number of aromatic nitrogens is 2. The lowest BCUT2D eigenvalue weighted by Gasteiger charge is -2.20. The van der Waals surface area contributed by atoms with Crippen LogP contribution in [0.1, 0.15) is 50.0 Å². The van der Waals surface area contributed by atoms with E-state index in [0.717, 1.165) is 19.3 Å². The van der Waals surface area contributed by atoms with E-state index in [1.165, 1.54) is 9.58 Å². The van der Waals surface area contributed by atoms with Gasteiger partial charge in [-0.05, 0) is 18.9 Å². The Hall–Kier alpha value is -2.70. The number of unbranched alkanes of at least 4 members (excludes halogenated alkanes) is 2. The number of nitrogens with zero attached hydrogens (tertiary/aromatic N) is 3. The minimum atomic E-state index is -1.08. The van der Waals surface area contributed by atoms with Crippen molar-refractivity contribution in [3.05, 3.63) is 40.3 Å². The molecule has 0 bridgehead atoms. The molecular formula is C19H25N3O4. The molecule has 1 aromatic carbocycles. The molecule has 1 N–H and O–H groups in total. The van der Waals surface area contributed by atoms with Gasteiger partial charge in [-0.2, -0.15) is 5.10 Å². The van der Waals surface area contributed by atoms with Crippen LogP contribution < -0.4 is 5.56 Å². The summed E-state index contributed by atoms with van der Waals surface area (Å²) in [5.74, 6) is -1.54. The molecule has 140 valence electrons. The van der Waals surface area contributed by atoms with Crippen LogP contribution in [0.25, 0.3) is 10.8 Å². The molecule has 0 aliphatic rings. The van der Waals surface area contributed by atoms with Gasteiger partial charge in [0.05, 0.1) is 5.39 Å². The van der Waals surface area contributed by atoms with Crippen molar-refractivity contribution in [1.82, 2.24) is 14.7 Å². The third-order valence-electron chi connectivity index (χ3n) is 4.15. The van der Waals surface area contributed by atoms with Crippen LogP contribution in [-0.4, -0.2) is 44.8 Å². The average molecular weight is 359 g/mol. The van der Waals surface area contributed by atoms with E-state index in [2.05, 4.69) is 12.0 Å². The van der Waals surface area contributed by atoms with Crippen LogP contribution in [0.3, 0.4) is 0 Å².